The lowest BCUT2D eigenvalue weighted by atomic mass is 10.0. The van der Waals surface area contributed by atoms with E-state index in [4.69, 9.17) is 0 Å². The van der Waals surface area contributed by atoms with Gasteiger partial charge < -0.3 is 10.6 Å². The number of rotatable bonds is 3. The Balaban J connectivity index is 1.81. The number of hydrogen-bond acceptors (Lipinski definition) is 5. The Labute approximate surface area is 122 Å². The smallest absolute Gasteiger partial charge is 0.251 e. The van der Waals surface area contributed by atoms with Crippen LogP contribution in [-0.2, 0) is 11.8 Å². The predicted octanol–water partition coefficient (Wildman–Crippen LogP) is 0.735. The van der Waals surface area contributed by atoms with Gasteiger partial charge in [0.25, 0.3) is 5.91 Å². The molecule has 7 nitrogen and oxygen atoms in total. The van der Waals surface area contributed by atoms with Crippen LogP contribution in [0.5, 0.6) is 0 Å². The monoisotopic (exact) mass is 284 g/mol. The molecular weight excluding hydrogens is 268 g/mol. The molecule has 0 unspecified atom stereocenters. The summed E-state index contributed by atoms with van der Waals surface area (Å²) in [6.45, 7) is 3.44. The molecule has 1 aliphatic rings. The van der Waals surface area contributed by atoms with E-state index in [-0.39, 0.29) is 5.91 Å². The Kier molecular flexibility index (Phi) is 3.49. The number of carbonyl (C=O) groups excluding carboxylic acids is 1. The number of anilines is 1. The summed E-state index contributed by atoms with van der Waals surface area (Å²) in [6, 6.07) is 7.48. The third kappa shape index (κ3) is 2.68. The van der Waals surface area contributed by atoms with Gasteiger partial charge in [0, 0.05) is 37.0 Å². The second-order valence-electron chi connectivity index (χ2n) is 4.99. The Bertz CT molecular complexity index is 712. The number of benzene rings is 1. The molecule has 1 fully saturated rings. The van der Waals surface area contributed by atoms with E-state index in [1.54, 1.807) is 11.7 Å². The molecule has 7 heteroatoms. The Morgan fingerprint density at radius 1 is 1.38 bits per heavy atom. The zero-order chi connectivity index (χ0) is 14.8. The number of aryl methyl sites for hydroxylation is 1. The van der Waals surface area contributed by atoms with E-state index in [1.165, 1.54) is 0 Å². The third-order valence-electron chi connectivity index (χ3n) is 3.55. The molecule has 0 bridgehead atoms. The molecule has 2 aromatic rings. The number of tetrazole rings is 1. The van der Waals surface area contributed by atoms with Gasteiger partial charge in [-0.3, -0.25) is 4.79 Å². The number of hydrogen-bond donors (Lipinski definition) is 2. The van der Waals surface area contributed by atoms with Gasteiger partial charge in [-0.25, -0.2) is 4.68 Å². The lowest BCUT2D eigenvalue weighted by Gasteiger charge is -2.21. The Hall–Kier alpha value is -2.54. The fraction of sp³-hybridized carbons (Fsp3) is 0.286. The molecule has 1 aliphatic heterocycles. The largest absolute Gasteiger partial charge is 0.322 e. The number of amides is 1. The Morgan fingerprint density at radius 2 is 2.19 bits per heavy atom. The average Bonchev–Trinajstić information content (AvgIpc) is 2.83. The van der Waals surface area contributed by atoms with Crippen molar-refractivity contribution in [1.82, 2.24) is 25.5 Å². The van der Waals surface area contributed by atoms with Crippen molar-refractivity contribution in [3.63, 3.8) is 0 Å². The summed E-state index contributed by atoms with van der Waals surface area (Å²) < 4.78 is 1.59. The van der Waals surface area contributed by atoms with Crippen LogP contribution in [0.4, 0.5) is 5.69 Å². The van der Waals surface area contributed by atoms with Crippen molar-refractivity contribution in [3.8, 4) is 11.4 Å². The molecule has 2 N–H and O–H groups in total. The van der Waals surface area contributed by atoms with E-state index in [9.17, 15) is 4.79 Å². The van der Waals surface area contributed by atoms with Gasteiger partial charge in [-0.05, 0) is 35.1 Å². The highest BCUT2D eigenvalue weighted by Gasteiger charge is 2.16. The maximum absolute atomic E-state index is 12.2. The topological polar surface area (TPSA) is 84.7 Å². The normalized spacial score (nSPS) is 13.7. The van der Waals surface area contributed by atoms with Gasteiger partial charge in [0.1, 0.15) is 0 Å². The molecule has 3 rings (SSSR count). The van der Waals surface area contributed by atoms with Crippen molar-refractivity contribution in [2.45, 2.75) is 6.92 Å². The van der Waals surface area contributed by atoms with Crippen LogP contribution in [-0.4, -0.2) is 39.2 Å². The lowest BCUT2D eigenvalue weighted by Crippen LogP contribution is -2.36. The minimum Gasteiger partial charge on any atom is -0.322 e. The maximum Gasteiger partial charge on any atom is 0.251 e. The first-order chi connectivity index (χ1) is 10.1. The van der Waals surface area contributed by atoms with Crippen molar-refractivity contribution in [3.05, 3.63) is 35.4 Å². The quantitative estimate of drug-likeness (QED) is 0.812. The van der Waals surface area contributed by atoms with Crippen molar-refractivity contribution in [2.24, 2.45) is 7.05 Å². The maximum atomic E-state index is 12.2. The summed E-state index contributed by atoms with van der Waals surface area (Å²) in [6.07, 6.45) is 0. The standard InChI is InChI=1S/C14H16N6O/c1-9(11-7-15-8-11)14(21)16-12-5-3-4-10(6-12)13-17-18-19-20(13)2/h3-6,15H,7-8H2,1-2H3,(H,16,21). The van der Waals surface area contributed by atoms with Crippen LogP contribution in [0.15, 0.2) is 35.4 Å². The highest BCUT2D eigenvalue weighted by atomic mass is 16.1. The molecule has 0 spiro atoms. The van der Waals surface area contributed by atoms with Crippen LogP contribution in [0, 0.1) is 0 Å². The van der Waals surface area contributed by atoms with Gasteiger partial charge in [-0.1, -0.05) is 12.1 Å². The summed E-state index contributed by atoms with van der Waals surface area (Å²) in [5, 5.41) is 17.4. The zero-order valence-corrected chi connectivity index (χ0v) is 11.9. The molecule has 0 saturated carbocycles. The zero-order valence-electron chi connectivity index (χ0n) is 11.9. The van der Waals surface area contributed by atoms with Crippen LogP contribution < -0.4 is 10.6 Å². The van der Waals surface area contributed by atoms with Gasteiger partial charge in [-0.2, -0.15) is 0 Å². The van der Waals surface area contributed by atoms with E-state index in [2.05, 4.69) is 26.2 Å². The number of nitrogens with zero attached hydrogens (tertiary/aromatic N) is 4. The van der Waals surface area contributed by atoms with Crippen molar-refractivity contribution >= 4 is 11.6 Å². The van der Waals surface area contributed by atoms with Crippen molar-refractivity contribution in [2.75, 3.05) is 18.4 Å². The molecule has 0 aliphatic carbocycles. The summed E-state index contributed by atoms with van der Waals surface area (Å²) in [7, 11) is 1.78. The average molecular weight is 284 g/mol. The molecule has 0 radical (unpaired) electrons. The Morgan fingerprint density at radius 3 is 2.81 bits per heavy atom. The van der Waals surface area contributed by atoms with E-state index >= 15 is 0 Å². The molecule has 1 aromatic heterocycles. The van der Waals surface area contributed by atoms with Gasteiger partial charge in [-0.15, -0.1) is 5.10 Å². The molecule has 0 atom stereocenters. The minimum absolute atomic E-state index is 0.0697. The summed E-state index contributed by atoms with van der Waals surface area (Å²) in [4.78, 5) is 12.2. The van der Waals surface area contributed by atoms with Gasteiger partial charge in [0.2, 0.25) is 0 Å². The first-order valence-corrected chi connectivity index (χ1v) is 6.68. The third-order valence-corrected chi connectivity index (χ3v) is 3.55. The predicted molar refractivity (Wildman–Crippen MR) is 78.4 cm³/mol. The van der Waals surface area contributed by atoms with E-state index in [0.717, 1.165) is 35.5 Å². The van der Waals surface area contributed by atoms with E-state index in [0.29, 0.717) is 5.82 Å². The molecular formula is C14H16N6O. The molecule has 2 heterocycles. The second kappa shape index (κ2) is 5.45. The van der Waals surface area contributed by atoms with Crippen LogP contribution in [0.25, 0.3) is 11.4 Å². The van der Waals surface area contributed by atoms with E-state index < -0.39 is 0 Å². The fourth-order valence-electron chi connectivity index (χ4n) is 2.11. The summed E-state index contributed by atoms with van der Waals surface area (Å²) in [5.41, 5.74) is 3.52. The highest BCUT2D eigenvalue weighted by Crippen LogP contribution is 2.20. The molecule has 1 aromatic carbocycles. The summed E-state index contributed by atoms with van der Waals surface area (Å²) in [5.74, 6) is 0.587. The molecule has 1 amide bonds. The SMILES string of the molecule is CC(C(=O)Nc1cccc(-c2nnnn2C)c1)=C1CNC1. The molecule has 108 valence electrons. The van der Waals surface area contributed by atoms with Crippen LogP contribution >= 0.6 is 0 Å². The van der Waals surface area contributed by atoms with Crippen LogP contribution in [0.1, 0.15) is 6.92 Å². The summed E-state index contributed by atoms with van der Waals surface area (Å²) >= 11 is 0. The van der Waals surface area contributed by atoms with Gasteiger partial charge in [0.15, 0.2) is 5.82 Å². The number of carbonyl (C=O) groups is 1. The van der Waals surface area contributed by atoms with Gasteiger partial charge in [0.05, 0.1) is 0 Å². The molecule has 1 saturated heterocycles. The van der Waals surface area contributed by atoms with Gasteiger partial charge >= 0.3 is 0 Å². The first-order valence-electron chi connectivity index (χ1n) is 6.68. The van der Waals surface area contributed by atoms with Crippen molar-refractivity contribution in [1.29, 1.82) is 0 Å². The molecule has 21 heavy (non-hydrogen) atoms. The first kappa shape index (κ1) is 13.4. The fourth-order valence-corrected chi connectivity index (χ4v) is 2.11. The van der Waals surface area contributed by atoms with Crippen LogP contribution in [0.2, 0.25) is 0 Å². The number of nitrogens with one attached hydrogen (secondary N) is 2. The van der Waals surface area contributed by atoms with Crippen LogP contribution in [0.3, 0.4) is 0 Å². The minimum atomic E-state index is -0.0697. The lowest BCUT2D eigenvalue weighted by molar-refractivity contribution is -0.112. The van der Waals surface area contributed by atoms with E-state index in [1.807, 2.05) is 31.2 Å². The second-order valence-corrected chi connectivity index (χ2v) is 4.99. The highest BCUT2D eigenvalue weighted by molar-refractivity contribution is 6.04. The van der Waals surface area contributed by atoms with Crippen molar-refractivity contribution < 1.29 is 4.79 Å². The number of aromatic nitrogens is 4.